The Hall–Kier alpha value is -1.97. The van der Waals surface area contributed by atoms with Gasteiger partial charge >= 0.3 is 0 Å². The Morgan fingerprint density at radius 1 is 1.36 bits per heavy atom. The number of imide groups is 1. The van der Waals surface area contributed by atoms with Crippen molar-refractivity contribution in [3.8, 4) is 0 Å². The molecule has 0 radical (unpaired) electrons. The Morgan fingerprint density at radius 3 is 2.86 bits per heavy atom. The average molecular weight is 188 g/mol. The van der Waals surface area contributed by atoms with Crippen LogP contribution < -0.4 is 4.90 Å². The van der Waals surface area contributed by atoms with Crippen LogP contribution in [0.5, 0.6) is 0 Å². The highest BCUT2D eigenvalue weighted by Crippen LogP contribution is 2.16. The Labute approximate surface area is 80.9 Å². The maximum Gasteiger partial charge on any atom is 0.257 e. The maximum atomic E-state index is 11.4. The lowest BCUT2D eigenvalue weighted by Gasteiger charge is -2.20. The van der Waals surface area contributed by atoms with Gasteiger partial charge in [-0.1, -0.05) is 6.08 Å². The molecule has 0 unspecified atom stereocenters. The van der Waals surface area contributed by atoms with E-state index in [1.807, 2.05) is 0 Å². The number of rotatable bonds is 1. The van der Waals surface area contributed by atoms with Crippen molar-refractivity contribution in [3.05, 3.63) is 36.7 Å². The molecule has 70 valence electrons. The highest BCUT2D eigenvalue weighted by Gasteiger charge is 2.23. The van der Waals surface area contributed by atoms with Crippen LogP contribution in [-0.2, 0) is 9.59 Å². The fraction of sp³-hybridized carbons (Fsp3) is 0.100. The van der Waals surface area contributed by atoms with E-state index < -0.39 is 0 Å². The summed E-state index contributed by atoms with van der Waals surface area (Å²) in [5, 5.41) is 0. The van der Waals surface area contributed by atoms with Gasteiger partial charge in [0.05, 0.1) is 11.9 Å². The minimum atomic E-state index is -0.311. The van der Waals surface area contributed by atoms with Crippen molar-refractivity contribution in [2.24, 2.45) is 0 Å². The van der Waals surface area contributed by atoms with Gasteiger partial charge in [-0.05, 0) is 12.1 Å². The zero-order valence-electron chi connectivity index (χ0n) is 7.38. The van der Waals surface area contributed by atoms with Crippen molar-refractivity contribution in [1.29, 1.82) is 0 Å². The first-order valence-electron chi connectivity index (χ1n) is 4.22. The summed E-state index contributed by atoms with van der Waals surface area (Å²) in [6.45, 7) is 0. The molecule has 0 atom stereocenters. The van der Waals surface area contributed by atoms with Gasteiger partial charge in [0.1, 0.15) is 0 Å². The summed E-state index contributed by atoms with van der Waals surface area (Å²) in [7, 11) is 0. The van der Waals surface area contributed by atoms with Gasteiger partial charge in [-0.3, -0.25) is 14.6 Å². The standard InChI is InChI=1S/C10H8N2O2/c13-9-4-1-5-10(14)12(9)8-3-2-6-11-7-8/h1-4,6-7H,5H2. The number of hydrogen-bond acceptors (Lipinski definition) is 3. The summed E-state index contributed by atoms with van der Waals surface area (Å²) in [4.78, 5) is 27.8. The number of hydrogen-bond donors (Lipinski definition) is 0. The topological polar surface area (TPSA) is 50.3 Å². The highest BCUT2D eigenvalue weighted by molar-refractivity contribution is 6.20. The van der Waals surface area contributed by atoms with E-state index in [-0.39, 0.29) is 18.2 Å². The third-order valence-electron chi connectivity index (χ3n) is 1.93. The quantitative estimate of drug-likeness (QED) is 0.615. The first-order chi connectivity index (χ1) is 6.79. The van der Waals surface area contributed by atoms with Gasteiger partial charge in [-0.15, -0.1) is 0 Å². The van der Waals surface area contributed by atoms with E-state index in [1.54, 1.807) is 24.4 Å². The molecule has 14 heavy (non-hydrogen) atoms. The number of pyridine rings is 1. The fourth-order valence-electron chi connectivity index (χ4n) is 1.31. The Balaban J connectivity index is 2.38. The first-order valence-corrected chi connectivity index (χ1v) is 4.22. The molecule has 0 spiro atoms. The largest absolute Gasteiger partial charge is 0.274 e. The molecule has 1 aliphatic heterocycles. The predicted molar refractivity (Wildman–Crippen MR) is 50.5 cm³/mol. The smallest absolute Gasteiger partial charge is 0.257 e. The van der Waals surface area contributed by atoms with Crippen LogP contribution in [0.1, 0.15) is 6.42 Å². The minimum Gasteiger partial charge on any atom is -0.274 e. The number of anilines is 1. The number of aromatic nitrogens is 1. The Morgan fingerprint density at radius 2 is 2.21 bits per heavy atom. The van der Waals surface area contributed by atoms with E-state index >= 15 is 0 Å². The Kier molecular flexibility index (Phi) is 2.10. The number of nitrogens with zero attached hydrogens (tertiary/aromatic N) is 2. The first kappa shape index (κ1) is 8.62. The zero-order chi connectivity index (χ0) is 9.97. The van der Waals surface area contributed by atoms with Crippen LogP contribution in [0, 0.1) is 0 Å². The summed E-state index contributed by atoms with van der Waals surface area (Å²) >= 11 is 0. The second kappa shape index (κ2) is 3.41. The highest BCUT2D eigenvalue weighted by atomic mass is 16.2. The number of carbonyl (C=O) groups is 2. The van der Waals surface area contributed by atoms with Gasteiger partial charge in [-0.2, -0.15) is 0 Å². The molecule has 0 aromatic carbocycles. The van der Waals surface area contributed by atoms with Crippen molar-refractivity contribution in [3.63, 3.8) is 0 Å². The van der Waals surface area contributed by atoms with Crippen molar-refractivity contribution in [2.45, 2.75) is 6.42 Å². The van der Waals surface area contributed by atoms with E-state index in [1.165, 1.54) is 12.3 Å². The second-order valence-electron chi connectivity index (χ2n) is 2.89. The molecule has 0 aliphatic carbocycles. The predicted octanol–water partition coefficient (Wildman–Crippen LogP) is 0.901. The summed E-state index contributed by atoms with van der Waals surface area (Å²) < 4.78 is 0. The van der Waals surface area contributed by atoms with Crippen LogP contribution in [0.15, 0.2) is 36.7 Å². The maximum absolute atomic E-state index is 11.4. The van der Waals surface area contributed by atoms with E-state index in [0.717, 1.165) is 4.90 Å². The summed E-state index contributed by atoms with van der Waals surface area (Å²) in [6.07, 6.45) is 6.32. The van der Waals surface area contributed by atoms with Gasteiger partial charge in [0, 0.05) is 18.7 Å². The monoisotopic (exact) mass is 188 g/mol. The van der Waals surface area contributed by atoms with Gasteiger partial charge in [0.15, 0.2) is 0 Å². The molecular weight excluding hydrogens is 180 g/mol. The average Bonchev–Trinajstić information content (AvgIpc) is 2.19. The molecule has 1 aliphatic rings. The number of carbonyl (C=O) groups excluding carboxylic acids is 2. The molecular formula is C10H8N2O2. The van der Waals surface area contributed by atoms with E-state index in [2.05, 4.69) is 4.98 Å². The van der Waals surface area contributed by atoms with Gasteiger partial charge in [0.25, 0.3) is 5.91 Å². The van der Waals surface area contributed by atoms with Gasteiger partial charge in [-0.25, -0.2) is 4.90 Å². The molecule has 4 nitrogen and oxygen atoms in total. The SMILES string of the molecule is O=C1C=CCC(=O)N1c1cccnc1. The molecule has 2 amide bonds. The summed E-state index contributed by atoms with van der Waals surface area (Å²) in [5.41, 5.74) is 0.520. The molecule has 0 N–H and O–H groups in total. The van der Waals surface area contributed by atoms with Crippen molar-refractivity contribution in [1.82, 2.24) is 4.98 Å². The molecule has 4 heteroatoms. The molecule has 2 rings (SSSR count). The van der Waals surface area contributed by atoms with Crippen LogP contribution in [0.2, 0.25) is 0 Å². The third-order valence-corrected chi connectivity index (χ3v) is 1.93. The van der Waals surface area contributed by atoms with Crippen molar-refractivity contribution in [2.75, 3.05) is 4.90 Å². The molecule has 2 heterocycles. The lowest BCUT2D eigenvalue weighted by molar-refractivity contribution is -0.124. The molecule has 0 bridgehead atoms. The van der Waals surface area contributed by atoms with Crippen LogP contribution >= 0.6 is 0 Å². The molecule has 0 fully saturated rings. The number of amides is 2. The zero-order valence-corrected chi connectivity index (χ0v) is 7.38. The third kappa shape index (κ3) is 1.42. The van der Waals surface area contributed by atoms with Crippen LogP contribution in [0.4, 0.5) is 5.69 Å². The van der Waals surface area contributed by atoms with E-state index in [0.29, 0.717) is 5.69 Å². The van der Waals surface area contributed by atoms with Gasteiger partial charge < -0.3 is 0 Å². The minimum absolute atomic E-state index is 0.217. The molecule has 1 aromatic rings. The second-order valence-corrected chi connectivity index (χ2v) is 2.89. The summed E-state index contributed by atoms with van der Waals surface area (Å²) in [5.74, 6) is -0.528. The molecule has 0 saturated carbocycles. The van der Waals surface area contributed by atoms with Crippen molar-refractivity contribution < 1.29 is 9.59 Å². The summed E-state index contributed by atoms with van der Waals surface area (Å²) in [6, 6.07) is 3.37. The lowest BCUT2D eigenvalue weighted by Crippen LogP contribution is -2.37. The van der Waals surface area contributed by atoms with Crippen LogP contribution in [0.25, 0.3) is 0 Å². The lowest BCUT2D eigenvalue weighted by atomic mass is 10.2. The van der Waals surface area contributed by atoms with Gasteiger partial charge in [0.2, 0.25) is 5.91 Å². The Bertz CT molecular complexity index is 398. The normalized spacial score (nSPS) is 16.1. The van der Waals surface area contributed by atoms with Crippen molar-refractivity contribution >= 4 is 17.5 Å². The fourth-order valence-corrected chi connectivity index (χ4v) is 1.31. The van der Waals surface area contributed by atoms with Crippen LogP contribution in [-0.4, -0.2) is 16.8 Å². The van der Waals surface area contributed by atoms with Crippen LogP contribution in [0.3, 0.4) is 0 Å². The molecule has 1 aromatic heterocycles. The van der Waals surface area contributed by atoms with E-state index in [9.17, 15) is 9.59 Å². The molecule has 0 saturated heterocycles. The van der Waals surface area contributed by atoms with E-state index in [4.69, 9.17) is 0 Å².